The van der Waals surface area contributed by atoms with E-state index in [9.17, 15) is 13.2 Å². The summed E-state index contributed by atoms with van der Waals surface area (Å²) in [4.78, 5) is 18.9. The molecule has 3 aromatic rings. The maximum atomic E-state index is 13.5. The molecule has 1 aromatic heterocycles. The second kappa shape index (κ2) is 8.85. The summed E-state index contributed by atoms with van der Waals surface area (Å²) in [5.74, 6) is -0.351. The quantitative estimate of drug-likeness (QED) is 0.524. The van der Waals surface area contributed by atoms with Crippen LogP contribution in [-0.2, 0) is 19.4 Å². The Labute approximate surface area is 186 Å². The zero-order valence-electron chi connectivity index (χ0n) is 17.1. The molecule has 162 valence electrons. The van der Waals surface area contributed by atoms with Crippen molar-refractivity contribution in [1.29, 1.82) is 0 Å². The van der Waals surface area contributed by atoms with Gasteiger partial charge < -0.3 is 9.64 Å². The molecular weight excluding hydrogens is 436 g/mol. The summed E-state index contributed by atoms with van der Waals surface area (Å²) in [5.41, 5.74) is 1.35. The van der Waals surface area contributed by atoms with E-state index in [1.807, 2.05) is 29.2 Å². The first kappa shape index (κ1) is 21.6. The highest BCUT2D eigenvalue weighted by atomic mass is 35.5. The Morgan fingerprint density at radius 3 is 2.48 bits per heavy atom. The Kier molecular flexibility index (Phi) is 6.16. The number of nitrogens with zero attached hydrogens (tertiary/aromatic N) is 2. The summed E-state index contributed by atoms with van der Waals surface area (Å²) >= 11 is 5.95. The molecule has 0 radical (unpaired) electrons. The third-order valence-corrected chi connectivity index (χ3v) is 7.58. The van der Waals surface area contributed by atoms with Crippen LogP contribution in [0.1, 0.15) is 19.8 Å². The van der Waals surface area contributed by atoms with Crippen LogP contribution in [0.4, 0.5) is 5.69 Å². The molecule has 1 fully saturated rings. The number of sulfone groups is 1. The van der Waals surface area contributed by atoms with E-state index in [2.05, 4.69) is 4.98 Å². The van der Waals surface area contributed by atoms with E-state index in [-0.39, 0.29) is 21.7 Å². The molecule has 1 aliphatic heterocycles. The number of ether oxygens (including phenoxy) is 1. The van der Waals surface area contributed by atoms with Gasteiger partial charge in [0, 0.05) is 29.7 Å². The third kappa shape index (κ3) is 4.25. The molecule has 2 heterocycles. The molecule has 4 rings (SSSR count). The van der Waals surface area contributed by atoms with Crippen molar-refractivity contribution in [2.75, 3.05) is 24.6 Å². The highest BCUT2D eigenvalue weighted by molar-refractivity contribution is 7.91. The van der Waals surface area contributed by atoms with Crippen molar-refractivity contribution in [1.82, 2.24) is 4.98 Å². The third-order valence-electron chi connectivity index (χ3n) is 5.56. The summed E-state index contributed by atoms with van der Waals surface area (Å²) in [6.07, 6.45) is 2.64. The number of para-hydroxylation sites is 1. The molecule has 0 bridgehead atoms. The largest absolute Gasteiger partial charge is 0.466 e. The summed E-state index contributed by atoms with van der Waals surface area (Å²) in [5, 5.41) is 1.24. The van der Waals surface area contributed by atoms with Crippen LogP contribution in [0.2, 0.25) is 5.02 Å². The van der Waals surface area contributed by atoms with Gasteiger partial charge >= 0.3 is 5.97 Å². The number of carbonyl (C=O) groups is 1. The maximum Gasteiger partial charge on any atom is 0.309 e. The molecule has 1 aliphatic rings. The fraction of sp³-hybridized carbons (Fsp3) is 0.304. The van der Waals surface area contributed by atoms with Gasteiger partial charge in [-0.05, 0) is 50.1 Å². The zero-order chi connectivity index (χ0) is 22.0. The van der Waals surface area contributed by atoms with Gasteiger partial charge in [-0.1, -0.05) is 29.8 Å². The van der Waals surface area contributed by atoms with E-state index in [0.717, 1.165) is 10.9 Å². The lowest BCUT2D eigenvalue weighted by Gasteiger charge is -2.34. The van der Waals surface area contributed by atoms with E-state index >= 15 is 0 Å². The molecule has 0 saturated carbocycles. The monoisotopic (exact) mass is 458 g/mol. The van der Waals surface area contributed by atoms with Crippen LogP contribution in [0.5, 0.6) is 0 Å². The number of benzene rings is 2. The average molecular weight is 459 g/mol. The summed E-state index contributed by atoms with van der Waals surface area (Å²) in [6.45, 7) is 3.27. The second-order valence-corrected chi connectivity index (χ2v) is 9.81. The number of carbonyl (C=O) groups excluding carboxylic acids is 1. The molecule has 31 heavy (non-hydrogen) atoms. The minimum absolute atomic E-state index is 0.156. The summed E-state index contributed by atoms with van der Waals surface area (Å²) in [6, 6.07) is 13.6. The van der Waals surface area contributed by atoms with Gasteiger partial charge in [-0.3, -0.25) is 9.78 Å². The van der Waals surface area contributed by atoms with Crippen LogP contribution in [0.15, 0.2) is 64.5 Å². The van der Waals surface area contributed by atoms with E-state index in [0.29, 0.717) is 43.2 Å². The molecule has 6 nitrogen and oxygen atoms in total. The number of rotatable bonds is 5. The van der Waals surface area contributed by atoms with E-state index in [1.165, 1.54) is 18.3 Å². The minimum Gasteiger partial charge on any atom is -0.466 e. The lowest BCUT2D eigenvalue weighted by atomic mass is 9.96. The molecule has 8 heteroatoms. The smallest absolute Gasteiger partial charge is 0.309 e. The lowest BCUT2D eigenvalue weighted by molar-refractivity contribution is -0.148. The first-order valence-electron chi connectivity index (χ1n) is 10.2. The predicted octanol–water partition coefficient (Wildman–Crippen LogP) is 4.50. The minimum atomic E-state index is -3.82. The van der Waals surface area contributed by atoms with Gasteiger partial charge in [-0.15, -0.1) is 0 Å². The van der Waals surface area contributed by atoms with Crippen molar-refractivity contribution in [3.8, 4) is 0 Å². The van der Waals surface area contributed by atoms with Gasteiger partial charge in [-0.2, -0.15) is 0 Å². The van der Waals surface area contributed by atoms with Gasteiger partial charge in [-0.25, -0.2) is 8.42 Å². The molecule has 0 atom stereocenters. The number of pyridine rings is 1. The summed E-state index contributed by atoms with van der Waals surface area (Å²) < 4.78 is 32.2. The van der Waals surface area contributed by atoms with Crippen LogP contribution in [0, 0.1) is 5.92 Å². The lowest BCUT2D eigenvalue weighted by Crippen LogP contribution is -2.37. The molecular formula is C23H23ClN2O4S. The first-order chi connectivity index (χ1) is 14.9. The topological polar surface area (TPSA) is 76.6 Å². The first-order valence-corrected chi connectivity index (χ1v) is 12.1. The van der Waals surface area contributed by atoms with Crippen molar-refractivity contribution in [3.63, 3.8) is 0 Å². The second-order valence-electron chi connectivity index (χ2n) is 7.46. The van der Waals surface area contributed by atoms with Crippen LogP contribution < -0.4 is 4.90 Å². The van der Waals surface area contributed by atoms with Crippen LogP contribution in [0.3, 0.4) is 0 Å². The van der Waals surface area contributed by atoms with Crippen LogP contribution >= 0.6 is 11.6 Å². The zero-order valence-corrected chi connectivity index (χ0v) is 18.7. The molecule has 0 N–H and O–H groups in total. The van der Waals surface area contributed by atoms with Crippen molar-refractivity contribution < 1.29 is 17.9 Å². The Hall–Kier alpha value is -2.64. The van der Waals surface area contributed by atoms with Crippen molar-refractivity contribution in [2.45, 2.75) is 29.6 Å². The van der Waals surface area contributed by atoms with E-state index in [1.54, 1.807) is 19.1 Å². The predicted molar refractivity (Wildman–Crippen MR) is 120 cm³/mol. The van der Waals surface area contributed by atoms with Crippen molar-refractivity contribution in [2.24, 2.45) is 5.92 Å². The molecule has 2 aromatic carbocycles. The Morgan fingerprint density at radius 1 is 1.13 bits per heavy atom. The average Bonchev–Trinajstić information content (AvgIpc) is 2.79. The number of esters is 1. The molecule has 0 unspecified atom stereocenters. The highest BCUT2D eigenvalue weighted by Gasteiger charge is 2.31. The van der Waals surface area contributed by atoms with Gasteiger partial charge in [0.1, 0.15) is 4.90 Å². The van der Waals surface area contributed by atoms with Crippen molar-refractivity contribution >= 4 is 44.0 Å². The Morgan fingerprint density at radius 2 is 1.81 bits per heavy atom. The maximum absolute atomic E-state index is 13.5. The van der Waals surface area contributed by atoms with Crippen molar-refractivity contribution in [3.05, 3.63) is 59.8 Å². The Bertz CT molecular complexity index is 1200. The molecule has 0 aliphatic carbocycles. The number of anilines is 1. The molecule has 1 saturated heterocycles. The molecule has 0 spiro atoms. The highest BCUT2D eigenvalue weighted by Crippen LogP contribution is 2.37. The fourth-order valence-electron chi connectivity index (χ4n) is 3.97. The number of piperidine rings is 1. The fourth-order valence-corrected chi connectivity index (χ4v) is 5.53. The SMILES string of the molecule is CCOC(=O)C1CCN(c2c(S(=O)(=O)c3ccc(Cl)cc3)cnc3ccccc23)CC1. The summed E-state index contributed by atoms with van der Waals surface area (Å²) in [7, 11) is -3.82. The van der Waals surface area contributed by atoms with Crippen LogP contribution in [0.25, 0.3) is 10.9 Å². The Balaban J connectivity index is 1.77. The van der Waals surface area contributed by atoms with Gasteiger partial charge in [0.15, 0.2) is 0 Å². The molecule has 0 amide bonds. The van der Waals surface area contributed by atoms with E-state index in [4.69, 9.17) is 16.3 Å². The standard InChI is InChI=1S/C23H23ClN2O4S/c1-2-30-23(27)16-11-13-26(14-12-16)22-19-5-3-4-6-20(19)25-15-21(22)31(28,29)18-9-7-17(24)8-10-18/h3-10,15-16H,2,11-14H2,1H3. The van der Waals surface area contributed by atoms with Crippen LogP contribution in [-0.4, -0.2) is 39.1 Å². The van der Waals surface area contributed by atoms with Gasteiger partial charge in [0.25, 0.3) is 0 Å². The van der Waals surface area contributed by atoms with Gasteiger partial charge in [0.05, 0.1) is 28.6 Å². The number of halogens is 1. The number of hydrogen-bond donors (Lipinski definition) is 0. The van der Waals surface area contributed by atoms with E-state index < -0.39 is 9.84 Å². The number of fused-ring (bicyclic) bond motifs is 1. The normalized spacial score (nSPS) is 15.2. The van der Waals surface area contributed by atoms with Gasteiger partial charge in [0.2, 0.25) is 9.84 Å². The number of hydrogen-bond acceptors (Lipinski definition) is 6. The number of aromatic nitrogens is 1.